The minimum Gasteiger partial charge on any atom is -0.317 e. The summed E-state index contributed by atoms with van der Waals surface area (Å²) in [5.41, 5.74) is 0. The Balaban J connectivity index is 2.34. The van der Waals surface area contributed by atoms with E-state index in [0.717, 1.165) is 17.9 Å². The van der Waals surface area contributed by atoms with Gasteiger partial charge in [0.15, 0.2) is 0 Å². The lowest BCUT2D eigenvalue weighted by molar-refractivity contribution is 0.314. The Bertz CT molecular complexity index is 118. The van der Waals surface area contributed by atoms with Crippen LogP contribution in [0.1, 0.15) is 46.0 Å². The summed E-state index contributed by atoms with van der Waals surface area (Å²) in [7, 11) is 2.10. The molecule has 0 amide bonds. The molecule has 0 saturated heterocycles. The van der Waals surface area contributed by atoms with Crippen LogP contribution >= 0.6 is 0 Å². The van der Waals surface area contributed by atoms with Crippen LogP contribution in [0.15, 0.2) is 0 Å². The molecule has 1 rings (SSSR count). The lowest BCUT2D eigenvalue weighted by Crippen LogP contribution is -2.22. The second-order valence-corrected chi connectivity index (χ2v) is 4.14. The summed E-state index contributed by atoms with van der Waals surface area (Å²) in [6, 6.07) is 0.815. The van der Waals surface area contributed by atoms with Gasteiger partial charge in [0.1, 0.15) is 0 Å². The highest BCUT2D eigenvalue weighted by molar-refractivity contribution is 4.82. The quantitative estimate of drug-likeness (QED) is 0.682. The van der Waals surface area contributed by atoms with E-state index in [9.17, 15) is 0 Å². The molecule has 1 fully saturated rings. The fourth-order valence-corrected chi connectivity index (χ4v) is 2.66. The molecule has 1 N–H and O–H groups in total. The fourth-order valence-electron chi connectivity index (χ4n) is 2.66. The molecule has 0 aromatic carbocycles. The van der Waals surface area contributed by atoms with E-state index in [4.69, 9.17) is 0 Å². The monoisotopic (exact) mass is 169 g/mol. The van der Waals surface area contributed by atoms with Crippen LogP contribution in [0.2, 0.25) is 0 Å². The Morgan fingerprint density at radius 2 is 1.92 bits per heavy atom. The lowest BCUT2D eigenvalue weighted by atomic mass is 9.86. The highest BCUT2D eigenvalue weighted by Crippen LogP contribution is 2.34. The number of nitrogens with one attached hydrogen (secondary N) is 1. The van der Waals surface area contributed by atoms with E-state index in [1.165, 1.54) is 32.1 Å². The maximum Gasteiger partial charge on any atom is 0.00669 e. The molecule has 2 unspecified atom stereocenters. The van der Waals surface area contributed by atoms with E-state index in [0.29, 0.717) is 0 Å². The van der Waals surface area contributed by atoms with Crippen molar-refractivity contribution >= 4 is 0 Å². The Morgan fingerprint density at radius 3 is 2.33 bits per heavy atom. The van der Waals surface area contributed by atoms with E-state index in [-0.39, 0.29) is 0 Å². The molecule has 0 spiro atoms. The zero-order valence-electron chi connectivity index (χ0n) is 8.77. The molecule has 0 aromatic heterocycles. The van der Waals surface area contributed by atoms with Crippen molar-refractivity contribution < 1.29 is 0 Å². The molecule has 1 nitrogen and oxygen atoms in total. The van der Waals surface area contributed by atoms with Crippen LogP contribution in [0, 0.1) is 11.8 Å². The van der Waals surface area contributed by atoms with Gasteiger partial charge in [0.25, 0.3) is 0 Å². The molecule has 0 aliphatic heterocycles. The molecule has 1 aliphatic carbocycles. The van der Waals surface area contributed by atoms with Gasteiger partial charge in [-0.3, -0.25) is 0 Å². The molecule has 0 radical (unpaired) electrons. The van der Waals surface area contributed by atoms with Crippen LogP contribution in [0.4, 0.5) is 0 Å². The first-order valence-electron chi connectivity index (χ1n) is 5.49. The van der Waals surface area contributed by atoms with Crippen molar-refractivity contribution in [3.8, 4) is 0 Å². The standard InChI is InChI=1S/C11H23N/c1-4-9(5-2)10-6-7-11(8-10)12-3/h9-12H,4-8H2,1-3H3. The van der Waals surface area contributed by atoms with Gasteiger partial charge in [0.05, 0.1) is 0 Å². The summed E-state index contributed by atoms with van der Waals surface area (Å²) >= 11 is 0. The first-order valence-corrected chi connectivity index (χ1v) is 5.49. The van der Waals surface area contributed by atoms with Gasteiger partial charge in [-0.25, -0.2) is 0 Å². The van der Waals surface area contributed by atoms with Crippen LogP contribution < -0.4 is 5.32 Å². The molecule has 1 aliphatic rings. The summed E-state index contributed by atoms with van der Waals surface area (Å²) in [4.78, 5) is 0. The van der Waals surface area contributed by atoms with Crippen LogP contribution in [-0.2, 0) is 0 Å². The third-order valence-electron chi connectivity index (χ3n) is 3.60. The number of rotatable bonds is 4. The van der Waals surface area contributed by atoms with Gasteiger partial charge in [0.2, 0.25) is 0 Å². The second kappa shape index (κ2) is 4.86. The Hall–Kier alpha value is -0.0400. The fraction of sp³-hybridized carbons (Fsp3) is 1.00. The molecule has 1 saturated carbocycles. The first-order chi connectivity index (χ1) is 5.81. The predicted octanol–water partition coefficient (Wildman–Crippen LogP) is 2.81. The largest absolute Gasteiger partial charge is 0.317 e. The maximum absolute atomic E-state index is 3.40. The van der Waals surface area contributed by atoms with E-state index in [2.05, 4.69) is 26.2 Å². The highest BCUT2D eigenvalue weighted by Gasteiger charge is 2.27. The van der Waals surface area contributed by atoms with E-state index < -0.39 is 0 Å². The van der Waals surface area contributed by atoms with Gasteiger partial charge in [-0.15, -0.1) is 0 Å². The lowest BCUT2D eigenvalue weighted by Gasteiger charge is -2.20. The molecule has 12 heavy (non-hydrogen) atoms. The van der Waals surface area contributed by atoms with Gasteiger partial charge >= 0.3 is 0 Å². The average Bonchev–Trinajstić information content (AvgIpc) is 2.55. The summed E-state index contributed by atoms with van der Waals surface area (Å²) in [6.45, 7) is 4.67. The molecular weight excluding hydrogens is 146 g/mol. The Labute approximate surface area is 76.9 Å². The van der Waals surface area contributed by atoms with Crippen molar-refractivity contribution in [2.45, 2.75) is 52.0 Å². The molecule has 72 valence electrons. The summed E-state index contributed by atoms with van der Waals surface area (Å²) in [5.74, 6) is 2.00. The van der Waals surface area contributed by atoms with Crippen LogP contribution in [0.5, 0.6) is 0 Å². The summed E-state index contributed by atoms with van der Waals surface area (Å²) in [6.07, 6.45) is 7.02. The molecule has 0 aromatic rings. The SMILES string of the molecule is CCC(CC)C1CCC(NC)C1. The van der Waals surface area contributed by atoms with Crippen molar-refractivity contribution in [2.75, 3.05) is 7.05 Å². The van der Waals surface area contributed by atoms with E-state index in [1.807, 2.05) is 0 Å². The first kappa shape index (κ1) is 10.0. The third-order valence-corrected chi connectivity index (χ3v) is 3.60. The molecule has 0 bridgehead atoms. The summed E-state index contributed by atoms with van der Waals surface area (Å²) in [5, 5.41) is 3.40. The van der Waals surface area contributed by atoms with Crippen molar-refractivity contribution in [1.29, 1.82) is 0 Å². The van der Waals surface area contributed by atoms with Crippen molar-refractivity contribution in [3.63, 3.8) is 0 Å². The van der Waals surface area contributed by atoms with Gasteiger partial charge in [-0.1, -0.05) is 26.7 Å². The second-order valence-electron chi connectivity index (χ2n) is 4.14. The van der Waals surface area contributed by atoms with Gasteiger partial charge < -0.3 is 5.32 Å². The topological polar surface area (TPSA) is 12.0 Å². The van der Waals surface area contributed by atoms with Gasteiger partial charge in [0, 0.05) is 6.04 Å². The molecular formula is C11H23N. The van der Waals surface area contributed by atoms with E-state index >= 15 is 0 Å². The van der Waals surface area contributed by atoms with E-state index in [1.54, 1.807) is 0 Å². The molecule has 1 heteroatoms. The van der Waals surface area contributed by atoms with Crippen molar-refractivity contribution in [1.82, 2.24) is 5.32 Å². The van der Waals surface area contributed by atoms with Crippen LogP contribution in [0.25, 0.3) is 0 Å². The van der Waals surface area contributed by atoms with Crippen molar-refractivity contribution in [2.24, 2.45) is 11.8 Å². The van der Waals surface area contributed by atoms with Gasteiger partial charge in [-0.2, -0.15) is 0 Å². The van der Waals surface area contributed by atoms with Crippen molar-refractivity contribution in [3.05, 3.63) is 0 Å². The predicted molar refractivity (Wildman–Crippen MR) is 54.3 cm³/mol. The Morgan fingerprint density at radius 1 is 1.25 bits per heavy atom. The number of hydrogen-bond donors (Lipinski definition) is 1. The molecule has 2 atom stereocenters. The third kappa shape index (κ3) is 2.22. The molecule has 0 heterocycles. The minimum atomic E-state index is 0.815. The summed E-state index contributed by atoms with van der Waals surface area (Å²) < 4.78 is 0. The van der Waals surface area contributed by atoms with Crippen LogP contribution in [0.3, 0.4) is 0 Å². The maximum atomic E-state index is 3.40. The Kier molecular flexibility index (Phi) is 4.07. The highest BCUT2D eigenvalue weighted by atomic mass is 14.9. The average molecular weight is 169 g/mol. The smallest absolute Gasteiger partial charge is 0.00669 e. The number of hydrogen-bond acceptors (Lipinski definition) is 1. The zero-order chi connectivity index (χ0) is 8.97. The minimum absolute atomic E-state index is 0.815. The van der Waals surface area contributed by atoms with Gasteiger partial charge in [-0.05, 0) is 38.1 Å². The zero-order valence-corrected chi connectivity index (χ0v) is 8.77. The normalized spacial score (nSPS) is 30.0. The van der Waals surface area contributed by atoms with Crippen LogP contribution in [-0.4, -0.2) is 13.1 Å².